The molecule has 2 aliphatic heterocycles. The van der Waals surface area contributed by atoms with E-state index < -0.39 is 0 Å². The van der Waals surface area contributed by atoms with Gasteiger partial charge in [-0.1, -0.05) is 26.0 Å². The summed E-state index contributed by atoms with van der Waals surface area (Å²) in [5.74, 6) is 1.66. The molecule has 0 N–H and O–H groups in total. The molecule has 1 amide bonds. The minimum Gasteiger partial charge on any atom is -0.379 e. The molecule has 1 spiro atoms. The summed E-state index contributed by atoms with van der Waals surface area (Å²) in [7, 11) is 0. The van der Waals surface area contributed by atoms with Gasteiger partial charge in [0.1, 0.15) is 12.1 Å². The summed E-state index contributed by atoms with van der Waals surface area (Å²) in [6.07, 6.45) is 2.18. The van der Waals surface area contributed by atoms with Crippen LogP contribution in [0.5, 0.6) is 0 Å². The predicted octanol–water partition coefficient (Wildman–Crippen LogP) is 2.34. The number of aromatic nitrogens is 2. The van der Waals surface area contributed by atoms with Crippen molar-refractivity contribution >= 4 is 22.6 Å². The number of rotatable bonds is 3. The number of hydrogen-bond donors (Lipinski definition) is 0. The fraction of sp³-hybridized carbons (Fsp3) is 0.550. The maximum Gasteiger partial charge on any atom is 0.223 e. The summed E-state index contributed by atoms with van der Waals surface area (Å²) < 4.78 is 5.93. The van der Waals surface area contributed by atoms with Gasteiger partial charge in [-0.2, -0.15) is 0 Å². The van der Waals surface area contributed by atoms with Crippen LogP contribution in [0.25, 0.3) is 10.9 Å². The van der Waals surface area contributed by atoms with Crippen molar-refractivity contribution in [3.05, 3.63) is 30.6 Å². The van der Waals surface area contributed by atoms with E-state index in [-0.39, 0.29) is 11.3 Å². The van der Waals surface area contributed by atoms with Crippen LogP contribution in [-0.2, 0) is 9.53 Å². The number of hydrogen-bond acceptors (Lipinski definition) is 5. The lowest BCUT2D eigenvalue weighted by Gasteiger charge is -2.32. The largest absolute Gasteiger partial charge is 0.379 e. The summed E-state index contributed by atoms with van der Waals surface area (Å²) in [4.78, 5) is 25.8. The highest BCUT2D eigenvalue weighted by Crippen LogP contribution is 2.36. The molecular weight excluding hydrogens is 328 g/mol. The van der Waals surface area contributed by atoms with Gasteiger partial charge in [-0.25, -0.2) is 9.97 Å². The normalized spacial score (nSPS) is 24.0. The Balaban J connectivity index is 1.63. The molecule has 2 saturated heterocycles. The number of carbonyl (C=O) groups excluding carboxylic acids is 1. The molecule has 0 saturated carbocycles. The van der Waals surface area contributed by atoms with Crippen molar-refractivity contribution in [3.8, 4) is 0 Å². The molecule has 4 rings (SSSR count). The Morgan fingerprint density at radius 3 is 2.92 bits per heavy atom. The molecule has 1 unspecified atom stereocenters. The first-order valence-electron chi connectivity index (χ1n) is 9.37. The third-order valence-corrected chi connectivity index (χ3v) is 5.25. The van der Waals surface area contributed by atoms with Gasteiger partial charge in [0.2, 0.25) is 5.91 Å². The molecule has 6 nitrogen and oxygen atoms in total. The van der Waals surface area contributed by atoms with E-state index >= 15 is 0 Å². The number of amides is 1. The highest BCUT2D eigenvalue weighted by Gasteiger charge is 2.45. The zero-order valence-electron chi connectivity index (χ0n) is 15.5. The van der Waals surface area contributed by atoms with Gasteiger partial charge in [0.05, 0.1) is 18.7 Å². The highest BCUT2D eigenvalue weighted by atomic mass is 16.5. The SMILES string of the molecule is CC(C)CN1CC2(COCCN(c3ncnc4ccccc34)C2)CC1=O. The Labute approximate surface area is 154 Å². The molecule has 1 atom stereocenters. The molecule has 3 heterocycles. The minimum absolute atomic E-state index is 0.158. The fourth-order valence-electron chi connectivity index (χ4n) is 4.21. The van der Waals surface area contributed by atoms with Crippen molar-refractivity contribution in [1.29, 1.82) is 0 Å². The Hall–Kier alpha value is -2.21. The van der Waals surface area contributed by atoms with Crippen LogP contribution >= 0.6 is 0 Å². The van der Waals surface area contributed by atoms with Crippen molar-refractivity contribution in [2.75, 3.05) is 44.3 Å². The molecule has 26 heavy (non-hydrogen) atoms. The second kappa shape index (κ2) is 6.83. The Kier molecular flexibility index (Phi) is 4.53. The lowest BCUT2D eigenvalue weighted by Crippen LogP contribution is -2.41. The molecule has 0 bridgehead atoms. The number of para-hydroxylation sites is 1. The number of fused-ring (bicyclic) bond motifs is 1. The van der Waals surface area contributed by atoms with Crippen molar-refractivity contribution in [2.24, 2.45) is 11.3 Å². The Bertz CT molecular complexity index is 804. The molecule has 6 heteroatoms. The van der Waals surface area contributed by atoms with Crippen molar-refractivity contribution in [2.45, 2.75) is 20.3 Å². The Morgan fingerprint density at radius 1 is 1.23 bits per heavy atom. The number of benzene rings is 1. The first kappa shape index (κ1) is 17.2. The van der Waals surface area contributed by atoms with Crippen LogP contribution in [0.2, 0.25) is 0 Å². The average Bonchev–Trinajstić information content (AvgIpc) is 2.79. The minimum atomic E-state index is -0.158. The number of ether oxygens (including phenoxy) is 1. The molecular formula is C20H26N4O2. The van der Waals surface area contributed by atoms with Gasteiger partial charge in [0, 0.05) is 43.4 Å². The number of anilines is 1. The second-order valence-electron chi connectivity index (χ2n) is 8.03. The lowest BCUT2D eigenvalue weighted by atomic mass is 9.87. The fourth-order valence-corrected chi connectivity index (χ4v) is 4.21. The lowest BCUT2D eigenvalue weighted by molar-refractivity contribution is -0.128. The van der Waals surface area contributed by atoms with Crippen LogP contribution in [0, 0.1) is 11.3 Å². The van der Waals surface area contributed by atoms with Gasteiger partial charge in [0.15, 0.2) is 0 Å². The van der Waals surface area contributed by atoms with Crippen molar-refractivity contribution in [3.63, 3.8) is 0 Å². The maximum absolute atomic E-state index is 12.6. The third kappa shape index (κ3) is 3.26. The Morgan fingerprint density at radius 2 is 2.08 bits per heavy atom. The van der Waals surface area contributed by atoms with Gasteiger partial charge in [0.25, 0.3) is 0 Å². The van der Waals surface area contributed by atoms with Gasteiger partial charge in [-0.05, 0) is 18.1 Å². The highest BCUT2D eigenvalue weighted by molar-refractivity contribution is 5.89. The molecule has 0 radical (unpaired) electrons. The van der Waals surface area contributed by atoms with Crippen LogP contribution in [0.4, 0.5) is 5.82 Å². The van der Waals surface area contributed by atoms with Gasteiger partial charge < -0.3 is 14.5 Å². The molecule has 2 aliphatic rings. The quantitative estimate of drug-likeness (QED) is 0.847. The molecule has 138 valence electrons. The van der Waals surface area contributed by atoms with Gasteiger partial charge in [-0.15, -0.1) is 0 Å². The van der Waals surface area contributed by atoms with Crippen LogP contribution in [0.3, 0.4) is 0 Å². The number of likely N-dealkylation sites (tertiary alicyclic amines) is 1. The van der Waals surface area contributed by atoms with Crippen LogP contribution < -0.4 is 4.90 Å². The van der Waals surface area contributed by atoms with Crippen LogP contribution in [0.1, 0.15) is 20.3 Å². The molecule has 2 fully saturated rings. The predicted molar refractivity (Wildman–Crippen MR) is 101 cm³/mol. The third-order valence-electron chi connectivity index (χ3n) is 5.25. The van der Waals surface area contributed by atoms with Crippen molar-refractivity contribution < 1.29 is 9.53 Å². The van der Waals surface area contributed by atoms with Crippen molar-refractivity contribution in [1.82, 2.24) is 14.9 Å². The average molecular weight is 354 g/mol. The standard InChI is InChI=1S/C20H26N4O2/c1-15(2)10-24-12-20(9-18(24)25)11-23(7-8-26-13-20)19-16-5-3-4-6-17(16)21-14-22-19/h3-6,14-15H,7-13H2,1-2H3. The summed E-state index contributed by atoms with van der Waals surface area (Å²) in [6.45, 7) is 8.74. The monoisotopic (exact) mass is 354 g/mol. The topological polar surface area (TPSA) is 58.6 Å². The van der Waals surface area contributed by atoms with E-state index in [1.54, 1.807) is 6.33 Å². The molecule has 1 aromatic heterocycles. The van der Waals surface area contributed by atoms with E-state index in [1.165, 1.54) is 0 Å². The van der Waals surface area contributed by atoms with E-state index in [2.05, 4.69) is 34.8 Å². The van der Waals surface area contributed by atoms with Gasteiger partial charge >= 0.3 is 0 Å². The summed E-state index contributed by atoms with van der Waals surface area (Å²) in [5, 5.41) is 1.05. The van der Waals surface area contributed by atoms with E-state index in [0.29, 0.717) is 25.6 Å². The van der Waals surface area contributed by atoms with E-state index in [0.717, 1.165) is 42.9 Å². The van der Waals surface area contributed by atoms with Gasteiger partial charge in [-0.3, -0.25) is 4.79 Å². The van der Waals surface area contributed by atoms with Crippen LogP contribution in [-0.4, -0.2) is 60.2 Å². The van der Waals surface area contributed by atoms with E-state index in [4.69, 9.17) is 4.74 Å². The molecule has 2 aromatic rings. The number of nitrogens with zero attached hydrogens (tertiary/aromatic N) is 4. The second-order valence-corrected chi connectivity index (χ2v) is 8.03. The molecule has 0 aliphatic carbocycles. The van der Waals surface area contributed by atoms with E-state index in [1.807, 2.05) is 23.1 Å². The van der Waals surface area contributed by atoms with Crippen LogP contribution in [0.15, 0.2) is 30.6 Å². The zero-order valence-corrected chi connectivity index (χ0v) is 15.5. The summed E-state index contributed by atoms with van der Waals surface area (Å²) in [5.41, 5.74) is 0.787. The van der Waals surface area contributed by atoms with E-state index in [9.17, 15) is 4.79 Å². The number of carbonyl (C=O) groups is 1. The first-order chi connectivity index (χ1) is 12.6. The maximum atomic E-state index is 12.6. The zero-order chi connectivity index (χ0) is 18.1. The molecule has 1 aromatic carbocycles. The summed E-state index contributed by atoms with van der Waals surface area (Å²) >= 11 is 0. The summed E-state index contributed by atoms with van der Waals surface area (Å²) in [6, 6.07) is 8.08. The first-order valence-corrected chi connectivity index (χ1v) is 9.37. The smallest absolute Gasteiger partial charge is 0.223 e.